The van der Waals surface area contributed by atoms with Gasteiger partial charge in [0.15, 0.2) is 11.5 Å². The normalized spacial score (nSPS) is 11.3. The molecule has 2 aromatic rings. The quantitative estimate of drug-likeness (QED) is 0.585. The highest BCUT2D eigenvalue weighted by Crippen LogP contribution is 2.30. The van der Waals surface area contributed by atoms with Crippen LogP contribution in [0.2, 0.25) is 0 Å². The number of rotatable bonds is 7. The summed E-state index contributed by atoms with van der Waals surface area (Å²) in [6.45, 7) is 6.51. The Balaban J connectivity index is 2.48. The highest BCUT2D eigenvalue weighted by Gasteiger charge is 2.14. The summed E-state index contributed by atoms with van der Waals surface area (Å²) >= 11 is 0. The molecule has 0 aliphatic heterocycles. The Hall–Kier alpha value is -2.75. The summed E-state index contributed by atoms with van der Waals surface area (Å²) in [7, 11) is 1.59. The summed E-state index contributed by atoms with van der Waals surface area (Å²) in [5.74, 6) is 0.288. The van der Waals surface area contributed by atoms with E-state index < -0.39 is 5.97 Å². The maximum absolute atomic E-state index is 11.8. The van der Waals surface area contributed by atoms with Gasteiger partial charge in [0, 0.05) is 0 Å². The number of aliphatic carboxylic acids is 1. The molecule has 0 heterocycles. The third-order valence-electron chi connectivity index (χ3n) is 3.86. The zero-order valence-corrected chi connectivity index (χ0v) is 15.1. The standard InChI is InChI=1S/C21H24O4/c1-5-10-25-20-13-16(7-9-19(20)24-4)12-18(21(22)23)17-8-6-14(2)11-15(17)3/h6-9,11-13H,5,10H2,1-4H3,(H,22,23)/b18-12-. The summed E-state index contributed by atoms with van der Waals surface area (Å²) in [5, 5.41) is 9.67. The van der Waals surface area contributed by atoms with Crippen LogP contribution in [-0.4, -0.2) is 24.8 Å². The number of hydrogen-bond donors (Lipinski definition) is 1. The second kappa shape index (κ2) is 8.38. The molecule has 0 radical (unpaired) electrons. The summed E-state index contributed by atoms with van der Waals surface area (Å²) in [6.07, 6.45) is 2.55. The Labute approximate surface area is 148 Å². The molecular weight excluding hydrogens is 316 g/mol. The van der Waals surface area contributed by atoms with Crippen LogP contribution in [0.25, 0.3) is 11.6 Å². The number of aryl methyl sites for hydroxylation is 2. The monoisotopic (exact) mass is 340 g/mol. The SMILES string of the molecule is CCCOc1cc(/C=C(\C(=O)O)c2ccc(C)cc2C)ccc1OC. The van der Waals surface area contributed by atoms with Crippen molar-refractivity contribution in [2.24, 2.45) is 0 Å². The molecule has 132 valence electrons. The van der Waals surface area contributed by atoms with Gasteiger partial charge >= 0.3 is 5.97 Å². The average Bonchev–Trinajstić information content (AvgIpc) is 2.58. The number of carboxylic acid groups (broad SMARTS) is 1. The highest BCUT2D eigenvalue weighted by atomic mass is 16.5. The Morgan fingerprint density at radius 3 is 2.48 bits per heavy atom. The van der Waals surface area contributed by atoms with E-state index in [1.54, 1.807) is 25.3 Å². The number of carbonyl (C=O) groups is 1. The fourth-order valence-corrected chi connectivity index (χ4v) is 2.65. The Morgan fingerprint density at radius 1 is 1.12 bits per heavy atom. The summed E-state index contributed by atoms with van der Waals surface area (Å²) in [4.78, 5) is 11.8. The lowest BCUT2D eigenvalue weighted by Crippen LogP contribution is -2.02. The van der Waals surface area contributed by atoms with Crippen LogP contribution in [0.15, 0.2) is 36.4 Å². The molecule has 0 atom stereocenters. The lowest BCUT2D eigenvalue weighted by Gasteiger charge is -2.12. The number of benzene rings is 2. The van der Waals surface area contributed by atoms with Crippen molar-refractivity contribution in [1.82, 2.24) is 0 Å². The van der Waals surface area contributed by atoms with Crippen LogP contribution in [0.4, 0.5) is 0 Å². The highest BCUT2D eigenvalue weighted by molar-refractivity contribution is 6.21. The van der Waals surface area contributed by atoms with E-state index in [0.717, 1.165) is 23.1 Å². The predicted molar refractivity (Wildman–Crippen MR) is 100 cm³/mol. The van der Waals surface area contributed by atoms with Crippen molar-refractivity contribution in [3.8, 4) is 11.5 Å². The molecule has 0 unspecified atom stereocenters. The van der Waals surface area contributed by atoms with E-state index in [0.29, 0.717) is 23.7 Å². The van der Waals surface area contributed by atoms with Crippen molar-refractivity contribution in [1.29, 1.82) is 0 Å². The maximum atomic E-state index is 11.8. The summed E-state index contributed by atoms with van der Waals surface area (Å²) < 4.78 is 11.0. The molecule has 2 rings (SSSR count). The molecule has 4 heteroatoms. The fraction of sp³-hybridized carbons (Fsp3) is 0.286. The molecule has 0 aromatic heterocycles. The molecule has 0 fully saturated rings. The van der Waals surface area contributed by atoms with E-state index in [1.165, 1.54) is 0 Å². The van der Waals surface area contributed by atoms with Gasteiger partial charge < -0.3 is 14.6 Å². The molecule has 0 saturated carbocycles. The molecule has 25 heavy (non-hydrogen) atoms. The van der Waals surface area contributed by atoms with Gasteiger partial charge in [0.05, 0.1) is 19.3 Å². The molecule has 0 aliphatic carbocycles. The van der Waals surface area contributed by atoms with Crippen molar-refractivity contribution in [3.63, 3.8) is 0 Å². The topological polar surface area (TPSA) is 55.8 Å². The van der Waals surface area contributed by atoms with E-state index in [-0.39, 0.29) is 5.57 Å². The van der Waals surface area contributed by atoms with Crippen LogP contribution in [-0.2, 0) is 4.79 Å². The summed E-state index contributed by atoms with van der Waals surface area (Å²) in [5.41, 5.74) is 3.76. The Bertz CT molecular complexity index is 790. The van der Waals surface area contributed by atoms with Gasteiger partial charge in [-0.15, -0.1) is 0 Å². The third-order valence-corrected chi connectivity index (χ3v) is 3.86. The van der Waals surface area contributed by atoms with Crippen LogP contribution >= 0.6 is 0 Å². The Kier molecular flexibility index (Phi) is 6.23. The maximum Gasteiger partial charge on any atom is 0.336 e. The first kappa shape index (κ1) is 18.6. The zero-order valence-electron chi connectivity index (χ0n) is 15.1. The van der Waals surface area contributed by atoms with E-state index in [1.807, 2.05) is 45.0 Å². The van der Waals surface area contributed by atoms with E-state index in [9.17, 15) is 9.90 Å². The fourth-order valence-electron chi connectivity index (χ4n) is 2.65. The second-order valence-electron chi connectivity index (χ2n) is 5.94. The minimum atomic E-state index is -0.959. The van der Waals surface area contributed by atoms with Crippen LogP contribution in [0, 0.1) is 13.8 Å². The third kappa shape index (κ3) is 4.63. The van der Waals surface area contributed by atoms with Crippen molar-refractivity contribution in [2.45, 2.75) is 27.2 Å². The average molecular weight is 340 g/mol. The largest absolute Gasteiger partial charge is 0.493 e. The van der Waals surface area contributed by atoms with Crippen LogP contribution in [0.5, 0.6) is 11.5 Å². The minimum Gasteiger partial charge on any atom is -0.493 e. The number of methoxy groups -OCH3 is 1. The van der Waals surface area contributed by atoms with Crippen LogP contribution in [0.1, 0.15) is 35.6 Å². The number of ether oxygens (including phenoxy) is 2. The summed E-state index contributed by atoms with van der Waals surface area (Å²) in [6, 6.07) is 11.2. The van der Waals surface area contributed by atoms with Gasteiger partial charge in [-0.1, -0.05) is 36.8 Å². The Morgan fingerprint density at radius 2 is 1.88 bits per heavy atom. The predicted octanol–water partition coefficient (Wildman–Crippen LogP) is 4.73. The van der Waals surface area contributed by atoms with Crippen LogP contribution < -0.4 is 9.47 Å². The minimum absolute atomic E-state index is 0.254. The van der Waals surface area contributed by atoms with Gasteiger partial charge in [-0.3, -0.25) is 0 Å². The first-order valence-electron chi connectivity index (χ1n) is 8.29. The molecule has 0 aliphatic rings. The van der Waals surface area contributed by atoms with Crippen molar-refractivity contribution < 1.29 is 19.4 Å². The van der Waals surface area contributed by atoms with Gasteiger partial charge in [0.25, 0.3) is 0 Å². The van der Waals surface area contributed by atoms with Crippen molar-refractivity contribution >= 4 is 17.6 Å². The lowest BCUT2D eigenvalue weighted by atomic mass is 9.97. The van der Waals surface area contributed by atoms with Gasteiger partial charge in [-0.25, -0.2) is 4.79 Å². The molecule has 0 saturated heterocycles. The van der Waals surface area contributed by atoms with E-state index >= 15 is 0 Å². The molecule has 2 aromatic carbocycles. The zero-order chi connectivity index (χ0) is 18.4. The first-order chi connectivity index (χ1) is 12.0. The van der Waals surface area contributed by atoms with Crippen LogP contribution in [0.3, 0.4) is 0 Å². The van der Waals surface area contributed by atoms with Gasteiger partial charge in [0.2, 0.25) is 0 Å². The van der Waals surface area contributed by atoms with Gasteiger partial charge in [-0.2, -0.15) is 0 Å². The smallest absolute Gasteiger partial charge is 0.336 e. The second-order valence-corrected chi connectivity index (χ2v) is 5.94. The van der Waals surface area contributed by atoms with E-state index in [2.05, 4.69) is 0 Å². The van der Waals surface area contributed by atoms with Crippen molar-refractivity contribution in [2.75, 3.05) is 13.7 Å². The van der Waals surface area contributed by atoms with Gasteiger partial charge in [0.1, 0.15) is 0 Å². The first-order valence-corrected chi connectivity index (χ1v) is 8.29. The lowest BCUT2D eigenvalue weighted by molar-refractivity contribution is -0.130. The molecule has 0 amide bonds. The molecular formula is C21H24O4. The molecule has 0 spiro atoms. The number of hydrogen-bond acceptors (Lipinski definition) is 3. The number of carboxylic acids is 1. The molecule has 4 nitrogen and oxygen atoms in total. The van der Waals surface area contributed by atoms with Gasteiger partial charge in [-0.05, 0) is 55.2 Å². The van der Waals surface area contributed by atoms with Crippen molar-refractivity contribution in [3.05, 3.63) is 58.7 Å². The molecule has 1 N–H and O–H groups in total. The molecule has 0 bridgehead atoms. The van der Waals surface area contributed by atoms with E-state index in [4.69, 9.17) is 9.47 Å².